The number of nitrogens with zero attached hydrogens (tertiary/aromatic N) is 1. The maximum absolute atomic E-state index is 11.6. The van der Waals surface area contributed by atoms with E-state index in [4.69, 9.17) is 4.74 Å². The third-order valence-corrected chi connectivity index (χ3v) is 3.62. The van der Waals surface area contributed by atoms with Crippen molar-refractivity contribution in [3.63, 3.8) is 0 Å². The minimum Gasteiger partial charge on any atom is -0.491 e. The van der Waals surface area contributed by atoms with Gasteiger partial charge in [-0.25, -0.2) is 4.79 Å². The molecule has 0 radical (unpaired) electrons. The summed E-state index contributed by atoms with van der Waals surface area (Å²) in [5, 5.41) is 13.0. The Balaban J connectivity index is 1.72. The number of ether oxygens (including phenoxy) is 1. The summed E-state index contributed by atoms with van der Waals surface area (Å²) in [6.45, 7) is 5.03. The first-order valence-electron chi connectivity index (χ1n) is 7.85. The third-order valence-electron chi connectivity index (χ3n) is 3.62. The lowest BCUT2D eigenvalue weighted by atomic mass is 10.2. The predicted octanol–water partition coefficient (Wildman–Crippen LogP) is 0.183. The molecule has 0 aliphatic carbocycles. The van der Waals surface area contributed by atoms with Crippen LogP contribution >= 0.6 is 0 Å². The fourth-order valence-corrected chi connectivity index (χ4v) is 2.22. The first-order chi connectivity index (χ1) is 11.5. The third kappa shape index (κ3) is 5.07. The fourth-order valence-electron chi connectivity index (χ4n) is 2.22. The van der Waals surface area contributed by atoms with E-state index in [1.54, 1.807) is 6.92 Å². The molecule has 0 amide bonds. The van der Waals surface area contributed by atoms with Gasteiger partial charge < -0.3 is 15.2 Å². The Hall–Kier alpha value is -2.38. The Bertz CT molecular complexity index is 782. The van der Waals surface area contributed by atoms with Crippen molar-refractivity contribution in [2.24, 2.45) is 0 Å². The van der Waals surface area contributed by atoms with E-state index in [1.165, 1.54) is 10.8 Å². The molecule has 0 fully saturated rings. The molecule has 0 spiro atoms. The van der Waals surface area contributed by atoms with Crippen molar-refractivity contribution in [1.29, 1.82) is 0 Å². The summed E-state index contributed by atoms with van der Waals surface area (Å²) in [5.41, 5.74) is 0.704. The molecule has 2 rings (SSSR count). The number of aromatic amines is 1. The summed E-state index contributed by atoms with van der Waals surface area (Å²) < 4.78 is 7.01. The molecule has 130 valence electrons. The zero-order valence-electron chi connectivity index (χ0n) is 13.9. The summed E-state index contributed by atoms with van der Waals surface area (Å²) in [6.07, 6.45) is 0.874. The number of aryl methyl sites for hydroxylation is 2. The lowest BCUT2D eigenvalue weighted by molar-refractivity contribution is 0.106. The lowest BCUT2D eigenvalue weighted by Crippen LogP contribution is -2.36. The number of H-pyrrole nitrogens is 1. The van der Waals surface area contributed by atoms with E-state index in [0.717, 1.165) is 11.3 Å². The molecule has 0 unspecified atom stereocenters. The Kier molecular flexibility index (Phi) is 6.34. The maximum atomic E-state index is 11.6. The highest BCUT2D eigenvalue weighted by atomic mass is 16.5. The number of aromatic nitrogens is 2. The Morgan fingerprint density at radius 1 is 1.25 bits per heavy atom. The Labute approximate surface area is 139 Å². The lowest BCUT2D eigenvalue weighted by Gasteiger charge is -2.14. The monoisotopic (exact) mass is 333 g/mol. The molecule has 24 heavy (non-hydrogen) atoms. The van der Waals surface area contributed by atoms with E-state index in [-0.39, 0.29) is 12.2 Å². The fraction of sp³-hybridized carbons (Fsp3) is 0.412. The average Bonchev–Trinajstić information content (AvgIpc) is 2.55. The summed E-state index contributed by atoms with van der Waals surface area (Å²) in [4.78, 5) is 25.2. The van der Waals surface area contributed by atoms with Gasteiger partial charge in [-0.1, -0.05) is 18.2 Å². The van der Waals surface area contributed by atoms with Crippen LogP contribution in [0.25, 0.3) is 0 Å². The number of aliphatic hydroxyl groups is 1. The zero-order valence-corrected chi connectivity index (χ0v) is 13.9. The van der Waals surface area contributed by atoms with E-state index in [1.807, 2.05) is 31.2 Å². The molecule has 1 heterocycles. The SMILES string of the molecule is Cc1ccccc1OC[C@@H](O)CNCCn1cc(C)c(=O)[nH]c1=O. The molecule has 0 saturated carbocycles. The van der Waals surface area contributed by atoms with Gasteiger partial charge in [0.2, 0.25) is 0 Å². The van der Waals surface area contributed by atoms with Gasteiger partial charge in [0.05, 0.1) is 0 Å². The van der Waals surface area contributed by atoms with Crippen LogP contribution in [0.3, 0.4) is 0 Å². The van der Waals surface area contributed by atoms with Crippen LogP contribution in [0.15, 0.2) is 40.1 Å². The number of aliphatic hydroxyl groups excluding tert-OH is 1. The van der Waals surface area contributed by atoms with E-state index >= 15 is 0 Å². The van der Waals surface area contributed by atoms with Gasteiger partial charge in [-0.2, -0.15) is 0 Å². The summed E-state index contributed by atoms with van der Waals surface area (Å²) >= 11 is 0. The van der Waals surface area contributed by atoms with Gasteiger partial charge in [-0.05, 0) is 25.5 Å². The highest BCUT2D eigenvalue weighted by molar-refractivity contribution is 5.31. The van der Waals surface area contributed by atoms with E-state index in [2.05, 4.69) is 10.3 Å². The molecular weight excluding hydrogens is 310 g/mol. The van der Waals surface area contributed by atoms with Crippen LogP contribution in [0.2, 0.25) is 0 Å². The molecule has 1 aromatic carbocycles. The molecule has 3 N–H and O–H groups in total. The minimum atomic E-state index is -0.654. The molecule has 0 saturated heterocycles. The molecule has 0 bridgehead atoms. The second kappa shape index (κ2) is 8.47. The van der Waals surface area contributed by atoms with Crippen molar-refractivity contribution in [3.8, 4) is 5.75 Å². The van der Waals surface area contributed by atoms with Crippen LogP contribution in [-0.4, -0.2) is 40.5 Å². The van der Waals surface area contributed by atoms with Gasteiger partial charge in [-0.3, -0.25) is 14.3 Å². The van der Waals surface area contributed by atoms with Gasteiger partial charge >= 0.3 is 5.69 Å². The largest absolute Gasteiger partial charge is 0.491 e. The van der Waals surface area contributed by atoms with Crippen LogP contribution in [0.1, 0.15) is 11.1 Å². The van der Waals surface area contributed by atoms with Crippen LogP contribution in [0, 0.1) is 13.8 Å². The van der Waals surface area contributed by atoms with Crippen molar-refractivity contribution < 1.29 is 9.84 Å². The summed E-state index contributed by atoms with van der Waals surface area (Å²) in [6, 6.07) is 7.63. The average molecular weight is 333 g/mol. The molecule has 7 heteroatoms. The quantitative estimate of drug-likeness (QED) is 0.599. The molecule has 0 aliphatic rings. The minimum absolute atomic E-state index is 0.190. The second-order valence-corrected chi connectivity index (χ2v) is 5.70. The molecule has 1 atom stereocenters. The van der Waals surface area contributed by atoms with Crippen molar-refractivity contribution in [2.45, 2.75) is 26.5 Å². The first kappa shape index (κ1) is 18.0. The number of hydrogen-bond acceptors (Lipinski definition) is 5. The van der Waals surface area contributed by atoms with Crippen molar-refractivity contribution in [2.75, 3.05) is 19.7 Å². The van der Waals surface area contributed by atoms with E-state index in [9.17, 15) is 14.7 Å². The Morgan fingerprint density at radius 2 is 2.00 bits per heavy atom. The zero-order chi connectivity index (χ0) is 17.5. The highest BCUT2D eigenvalue weighted by Crippen LogP contribution is 2.16. The van der Waals surface area contributed by atoms with Crippen molar-refractivity contribution in [3.05, 3.63) is 62.4 Å². The molecule has 0 aliphatic heterocycles. The summed E-state index contributed by atoms with van der Waals surface area (Å²) in [5.74, 6) is 0.756. The first-order valence-corrected chi connectivity index (χ1v) is 7.85. The van der Waals surface area contributed by atoms with E-state index in [0.29, 0.717) is 25.2 Å². The number of nitrogens with one attached hydrogen (secondary N) is 2. The Morgan fingerprint density at radius 3 is 2.75 bits per heavy atom. The van der Waals surface area contributed by atoms with Crippen LogP contribution in [0.5, 0.6) is 5.75 Å². The van der Waals surface area contributed by atoms with Gasteiger partial charge in [0.25, 0.3) is 5.56 Å². The standard InChI is InChI=1S/C17H23N3O4/c1-12-5-3-4-6-15(12)24-11-14(21)9-18-7-8-20-10-13(2)16(22)19-17(20)23/h3-6,10,14,18,21H,7-9,11H2,1-2H3,(H,19,22,23)/t14-/m0/s1. The molecule has 1 aromatic heterocycles. The topological polar surface area (TPSA) is 96.3 Å². The van der Waals surface area contributed by atoms with Crippen LogP contribution < -0.4 is 21.3 Å². The summed E-state index contributed by atoms with van der Waals surface area (Å²) in [7, 11) is 0. The smallest absolute Gasteiger partial charge is 0.328 e. The number of hydrogen-bond donors (Lipinski definition) is 3. The molecule has 2 aromatic rings. The van der Waals surface area contributed by atoms with Gasteiger partial charge in [0.1, 0.15) is 18.5 Å². The number of para-hydroxylation sites is 1. The van der Waals surface area contributed by atoms with Crippen LogP contribution in [0.4, 0.5) is 0 Å². The van der Waals surface area contributed by atoms with Crippen LogP contribution in [-0.2, 0) is 6.54 Å². The number of benzene rings is 1. The van der Waals surface area contributed by atoms with Crippen molar-refractivity contribution in [1.82, 2.24) is 14.9 Å². The maximum Gasteiger partial charge on any atom is 0.328 e. The normalized spacial score (nSPS) is 12.1. The second-order valence-electron chi connectivity index (χ2n) is 5.70. The van der Waals surface area contributed by atoms with Gasteiger partial charge in [0.15, 0.2) is 0 Å². The van der Waals surface area contributed by atoms with Gasteiger partial charge in [0, 0.05) is 31.4 Å². The molecular formula is C17H23N3O4. The predicted molar refractivity (Wildman–Crippen MR) is 91.6 cm³/mol. The highest BCUT2D eigenvalue weighted by Gasteiger charge is 2.06. The molecule has 7 nitrogen and oxygen atoms in total. The van der Waals surface area contributed by atoms with Gasteiger partial charge in [-0.15, -0.1) is 0 Å². The van der Waals surface area contributed by atoms with Crippen molar-refractivity contribution >= 4 is 0 Å². The number of rotatable bonds is 8. The van der Waals surface area contributed by atoms with E-state index < -0.39 is 11.8 Å².